The molecule has 0 aliphatic rings. The Labute approximate surface area is 233 Å². The number of thiazole rings is 1. The van der Waals surface area contributed by atoms with Crippen LogP contribution in [0.3, 0.4) is 0 Å². The lowest BCUT2D eigenvalue weighted by atomic mass is 10.1. The van der Waals surface area contributed by atoms with Crippen molar-refractivity contribution in [2.75, 3.05) is 30.8 Å². The Hall–Kier alpha value is -3.29. The van der Waals surface area contributed by atoms with Gasteiger partial charge in [-0.15, -0.1) is 0 Å². The first kappa shape index (κ1) is 27.7. The van der Waals surface area contributed by atoms with Gasteiger partial charge in [-0.3, -0.25) is 4.79 Å². The molecule has 1 amide bonds. The average molecular weight is 594 g/mol. The van der Waals surface area contributed by atoms with Crippen LogP contribution in [0.2, 0.25) is 10.0 Å². The molecule has 3 N–H and O–H groups in total. The summed E-state index contributed by atoms with van der Waals surface area (Å²) in [6.45, 7) is 1.74. The number of anilines is 2. The Balaban J connectivity index is 1.53. The summed E-state index contributed by atoms with van der Waals surface area (Å²) in [5.41, 5.74) is 1.86. The summed E-state index contributed by atoms with van der Waals surface area (Å²) in [5, 5.41) is 7.04. The Kier molecular flexibility index (Phi) is 8.80. The zero-order valence-electron chi connectivity index (χ0n) is 20.2. The summed E-state index contributed by atoms with van der Waals surface area (Å²) in [5.74, 6) is 0.522. The quantitative estimate of drug-likeness (QED) is 0.220. The highest BCUT2D eigenvalue weighted by Crippen LogP contribution is 2.40. The van der Waals surface area contributed by atoms with Crippen LogP contribution >= 0.6 is 34.5 Å². The first-order chi connectivity index (χ1) is 18.2. The number of ether oxygens (including phenoxy) is 1. The van der Waals surface area contributed by atoms with Gasteiger partial charge in [0.15, 0.2) is 5.13 Å². The number of hydrogen-bond acceptors (Lipinski definition) is 9. The van der Waals surface area contributed by atoms with Crippen molar-refractivity contribution in [3.63, 3.8) is 0 Å². The smallest absolute Gasteiger partial charge is 0.240 e. The van der Waals surface area contributed by atoms with Gasteiger partial charge in [-0.2, -0.15) is 0 Å². The second kappa shape index (κ2) is 12.0. The predicted octanol–water partition coefficient (Wildman–Crippen LogP) is 4.93. The van der Waals surface area contributed by atoms with Crippen LogP contribution in [0.25, 0.3) is 21.8 Å². The Morgan fingerprint density at radius 1 is 1.05 bits per heavy atom. The zero-order chi connectivity index (χ0) is 27.3. The molecule has 10 nitrogen and oxygen atoms in total. The molecule has 4 aromatic rings. The highest BCUT2D eigenvalue weighted by Gasteiger charge is 2.19. The highest BCUT2D eigenvalue weighted by atomic mass is 35.5. The number of hydrogen-bond donors (Lipinski definition) is 3. The SMILES string of the molecule is COc1cc(-c2nc(NC(C)=O)sc2-c2ccnc(NCCNS(=O)(=O)c3ccc(Cl)cc3)n2)ccc1Cl. The molecule has 0 bridgehead atoms. The maximum atomic E-state index is 12.4. The molecule has 0 aliphatic carbocycles. The van der Waals surface area contributed by atoms with E-state index in [0.29, 0.717) is 43.1 Å². The van der Waals surface area contributed by atoms with Crippen molar-refractivity contribution in [3.8, 4) is 27.6 Å². The maximum Gasteiger partial charge on any atom is 0.240 e. The van der Waals surface area contributed by atoms with Crippen LogP contribution in [0.1, 0.15) is 6.92 Å². The van der Waals surface area contributed by atoms with E-state index in [1.54, 1.807) is 30.5 Å². The van der Waals surface area contributed by atoms with Gasteiger partial charge in [0.2, 0.25) is 21.9 Å². The van der Waals surface area contributed by atoms with Crippen LogP contribution in [0.15, 0.2) is 59.6 Å². The Bertz CT molecular complexity index is 1560. The molecule has 0 radical (unpaired) electrons. The third kappa shape index (κ3) is 6.77. The van der Waals surface area contributed by atoms with E-state index in [9.17, 15) is 13.2 Å². The van der Waals surface area contributed by atoms with Crippen molar-refractivity contribution in [3.05, 3.63) is 64.8 Å². The number of methoxy groups -OCH3 is 1. The third-order valence-corrected chi connectivity index (χ3v) is 8.08. The first-order valence-corrected chi connectivity index (χ1v) is 14.2. The summed E-state index contributed by atoms with van der Waals surface area (Å²) >= 11 is 13.3. The lowest BCUT2D eigenvalue weighted by molar-refractivity contribution is -0.114. The van der Waals surface area contributed by atoms with Gasteiger partial charge in [-0.25, -0.2) is 28.1 Å². The highest BCUT2D eigenvalue weighted by molar-refractivity contribution is 7.89. The normalized spacial score (nSPS) is 11.3. The van der Waals surface area contributed by atoms with E-state index in [2.05, 4.69) is 30.3 Å². The van der Waals surface area contributed by atoms with Gasteiger partial charge in [0.1, 0.15) is 5.75 Å². The molecule has 0 fully saturated rings. The summed E-state index contributed by atoms with van der Waals surface area (Å²) in [6, 6.07) is 12.9. The van der Waals surface area contributed by atoms with Crippen molar-refractivity contribution in [2.24, 2.45) is 0 Å². The number of sulfonamides is 1. The van der Waals surface area contributed by atoms with Crippen LogP contribution < -0.4 is 20.1 Å². The fourth-order valence-corrected chi connectivity index (χ4v) is 5.68. The number of benzene rings is 2. The van der Waals surface area contributed by atoms with Gasteiger partial charge in [0.25, 0.3) is 0 Å². The minimum atomic E-state index is -3.69. The van der Waals surface area contributed by atoms with Gasteiger partial charge in [0, 0.05) is 36.8 Å². The van der Waals surface area contributed by atoms with Crippen LogP contribution in [0.5, 0.6) is 5.75 Å². The number of amides is 1. The van der Waals surface area contributed by atoms with Crippen LogP contribution in [-0.4, -0.2) is 49.5 Å². The molecule has 2 heterocycles. The van der Waals surface area contributed by atoms with Crippen molar-refractivity contribution in [2.45, 2.75) is 11.8 Å². The molecule has 4 rings (SSSR count). The van der Waals surface area contributed by atoms with E-state index in [0.717, 1.165) is 5.56 Å². The minimum absolute atomic E-state index is 0.0988. The third-order valence-electron chi connectivity index (χ3n) is 5.05. The molecule has 0 saturated heterocycles. The van der Waals surface area contributed by atoms with E-state index in [-0.39, 0.29) is 23.9 Å². The van der Waals surface area contributed by atoms with E-state index >= 15 is 0 Å². The lowest BCUT2D eigenvalue weighted by Crippen LogP contribution is -2.29. The first-order valence-electron chi connectivity index (χ1n) is 11.1. The number of nitrogens with one attached hydrogen (secondary N) is 3. The molecule has 0 spiro atoms. The number of nitrogens with zero attached hydrogens (tertiary/aromatic N) is 3. The standard InChI is InChI=1S/C24H22Cl2N6O4S2/c1-14(33)30-24-32-21(15-3-8-18(26)20(13-15)36-2)22(37-24)19-9-10-27-23(31-19)28-11-12-29-38(34,35)17-6-4-16(25)5-7-17/h3-10,13,29H,11-12H2,1-2H3,(H,27,28,31)(H,30,32,33). The molecule has 0 atom stereocenters. The van der Waals surface area contributed by atoms with E-state index < -0.39 is 10.0 Å². The van der Waals surface area contributed by atoms with Gasteiger partial charge in [0.05, 0.1) is 33.3 Å². The van der Waals surface area contributed by atoms with Crippen LogP contribution in [0.4, 0.5) is 11.1 Å². The monoisotopic (exact) mass is 592 g/mol. The van der Waals surface area contributed by atoms with Gasteiger partial charge < -0.3 is 15.4 Å². The average Bonchev–Trinajstić information content (AvgIpc) is 3.30. The molecule has 0 aliphatic heterocycles. The number of rotatable bonds is 10. The molecular weight excluding hydrogens is 571 g/mol. The zero-order valence-corrected chi connectivity index (χ0v) is 23.3. The Morgan fingerprint density at radius 3 is 2.53 bits per heavy atom. The molecule has 14 heteroatoms. The number of carbonyl (C=O) groups excluding carboxylic acids is 1. The summed E-state index contributed by atoms with van der Waals surface area (Å²) in [6.07, 6.45) is 1.58. The second-order valence-corrected chi connectivity index (χ2v) is 11.4. The summed E-state index contributed by atoms with van der Waals surface area (Å²) in [4.78, 5) is 25.8. The van der Waals surface area contributed by atoms with Crippen LogP contribution in [0, 0.1) is 0 Å². The van der Waals surface area contributed by atoms with Gasteiger partial charge in [-0.05, 0) is 42.5 Å². The fraction of sp³-hybridized carbons (Fsp3) is 0.167. The van der Waals surface area contributed by atoms with E-state index in [1.165, 1.54) is 49.6 Å². The van der Waals surface area contributed by atoms with Crippen LogP contribution in [-0.2, 0) is 14.8 Å². The van der Waals surface area contributed by atoms with Crippen molar-refractivity contribution in [1.82, 2.24) is 19.7 Å². The molecule has 38 heavy (non-hydrogen) atoms. The summed E-state index contributed by atoms with van der Waals surface area (Å²) < 4.78 is 32.7. The molecule has 198 valence electrons. The molecule has 2 aromatic carbocycles. The predicted molar refractivity (Wildman–Crippen MR) is 150 cm³/mol. The number of carbonyl (C=O) groups is 1. The van der Waals surface area contributed by atoms with Crippen molar-refractivity contribution in [1.29, 1.82) is 0 Å². The van der Waals surface area contributed by atoms with Crippen molar-refractivity contribution >= 4 is 61.5 Å². The van der Waals surface area contributed by atoms with E-state index in [4.69, 9.17) is 27.9 Å². The van der Waals surface area contributed by atoms with E-state index in [1.807, 2.05) is 0 Å². The topological polar surface area (TPSA) is 135 Å². The summed E-state index contributed by atoms with van der Waals surface area (Å²) in [7, 11) is -2.16. The second-order valence-electron chi connectivity index (χ2n) is 7.77. The van der Waals surface area contributed by atoms with Gasteiger partial charge in [-0.1, -0.05) is 40.6 Å². The maximum absolute atomic E-state index is 12.4. The lowest BCUT2D eigenvalue weighted by Gasteiger charge is -2.09. The molecule has 2 aromatic heterocycles. The largest absolute Gasteiger partial charge is 0.495 e. The minimum Gasteiger partial charge on any atom is -0.495 e. The molecular formula is C24H22Cl2N6O4S2. The Morgan fingerprint density at radius 2 is 1.82 bits per heavy atom. The number of halogens is 2. The van der Waals surface area contributed by atoms with Crippen molar-refractivity contribution < 1.29 is 17.9 Å². The number of aromatic nitrogens is 3. The molecule has 0 unspecified atom stereocenters. The van der Waals surface area contributed by atoms with Gasteiger partial charge >= 0.3 is 0 Å². The fourth-order valence-electron chi connectivity index (χ4n) is 3.33. The molecule has 0 saturated carbocycles.